The average molecular weight is 306 g/mol. The third-order valence-electron chi connectivity index (χ3n) is 3.06. The minimum atomic E-state index is -3.51. The first-order chi connectivity index (χ1) is 10.1. The predicted molar refractivity (Wildman–Crippen MR) is 79.8 cm³/mol. The normalized spacial score (nSPS) is 11.5. The van der Waals surface area contributed by atoms with E-state index in [2.05, 4.69) is 0 Å². The van der Waals surface area contributed by atoms with Gasteiger partial charge in [-0.25, -0.2) is 8.42 Å². The topological polar surface area (TPSA) is 52.6 Å². The molecule has 112 valence electrons. The predicted octanol–water partition coefficient (Wildman–Crippen LogP) is 2.81. The van der Waals surface area contributed by atoms with Crippen LogP contribution < -0.4 is 0 Å². The van der Waals surface area contributed by atoms with Crippen LogP contribution in [0.15, 0.2) is 58.3 Å². The lowest BCUT2D eigenvalue weighted by Gasteiger charge is -2.08. The van der Waals surface area contributed by atoms with Crippen LogP contribution in [0.25, 0.3) is 0 Å². The maximum absolute atomic E-state index is 12.6. The third kappa shape index (κ3) is 3.69. The molecule has 0 fully saturated rings. The third-order valence-corrected chi connectivity index (χ3v) is 4.83. The monoisotopic (exact) mass is 306 g/mol. The molecule has 0 heterocycles. The van der Waals surface area contributed by atoms with E-state index in [1.54, 1.807) is 56.7 Å². The van der Waals surface area contributed by atoms with Crippen LogP contribution in [0.4, 0.5) is 0 Å². The van der Waals surface area contributed by atoms with Crippen LogP contribution in [-0.4, -0.2) is 22.6 Å². The number of sulfone groups is 1. The molecule has 0 radical (unpaired) electrons. The number of methoxy groups -OCH3 is 2. The fourth-order valence-corrected chi connectivity index (χ4v) is 3.37. The van der Waals surface area contributed by atoms with Crippen LogP contribution in [0, 0.1) is 0 Å². The first kappa shape index (κ1) is 15.7. The number of rotatable bonds is 6. The van der Waals surface area contributed by atoms with Gasteiger partial charge in [0.1, 0.15) is 0 Å². The molecule has 0 bridgehead atoms. The van der Waals surface area contributed by atoms with E-state index < -0.39 is 9.84 Å². The molecular weight excluding hydrogens is 288 g/mol. The Morgan fingerprint density at radius 3 is 2.05 bits per heavy atom. The highest BCUT2D eigenvalue weighted by Crippen LogP contribution is 2.22. The van der Waals surface area contributed by atoms with Crippen LogP contribution in [0.3, 0.4) is 0 Å². The van der Waals surface area contributed by atoms with Crippen LogP contribution in [0.1, 0.15) is 11.1 Å². The van der Waals surface area contributed by atoms with Crippen molar-refractivity contribution in [3.05, 3.63) is 59.7 Å². The van der Waals surface area contributed by atoms with Crippen molar-refractivity contribution in [1.82, 2.24) is 0 Å². The quantitative estimate of drug-likeness (QED) is 0.823. The summed E-state index contributed by atoms with van der Waals surface area (Å²) in [6.07, 6.45) is 0. The van der Waals surface area contributed by atoms with Crippen molar-refractivity contribution in [3.63, 3.8) is 0 Å². The summed E-state index contributed by atoms with van der Waals surface area (Å²) in [6, 6.07) is 13.5. The SMILES string of the molecule is COCc1ccc(S(=O)(=O)c2cccc(COC)c2)cc1. The van der Waals surface area contributed by atoms with Crippen LogP contribution in [0.5, 0.6) is 0 Å². The molecule has 2 aromatic carbocycles. The molecule has 5 heteroatoms. The van der Waals surface area contributed by atoms with Gasteiger partial charge in [0.25, 0.3) is 0 Å². The number of benzene rings is 2. The van der Waals surface area contributed by atoms with Crippen LogP contribution in [0.2, 0.25) is 0 Å². The zero-order valence-corrected chi connectivity index (χ0v) is 12.9. The summed E-state index contributed by atoms with van der Waals surface area (Å²) < 4.78 is 35.2. The molecule has 0 aliphatic rings. The Bertz CT molecular complexity index is 690. The lowest BCUT2D eigenvalue weighted by atomic mass is 10.2. The first-order valence-corrected chi connectivity index (χ1v) is 7.97. The molecule has 0 N–H and O–H groups in total. The Morgan fingerprint density at radius 2 is 1.43 bits per heavy atom. The Labute approximate surface area is 125 Å². The minimum Gasteiger partial charge on any atom is -0.380 e. The van der Waals surface area contributed by atoms with Crippen molar-refractivity contribution < 1.29 is 17.9 Å². The van der Waals surface area contributed by atoms with E-state index in [0.717, 1.165) is 11.1 Å². The summed E-state index contributed by atoms with van der Waals surface area (Å²) >= 11 is 0. The summed E-state index contributed by atoms with van der Waals surface area (Å²) in [6.45, 7) is 0.847. The molecule has 0 aliphatic heterocycles. The number of ether oxygens (including phenoxy) is 2. The van der Waals surface area contributed by atoms with E-state index in [1.165, 1.54) is 0 Å². The molecule has 2 rings (SSSR count). The molecule has 0 unspecified atom stereocenters. The molecule has 0 amide bonds. The van der Waals surface area contributed by atoms with E-state index in [0.29, 0.717) is 13.2 Å². The van der Waals surface area contributed by atoms with E-state index >= 15 is 0 Å². The lowest BCUT2D eigenvalue weighted by Crippen LogP contribution is -2.03. The maximum Gasteiger partial charge on any atom is 0.206 e. The zero-order valence-electron chi connectivity index (χ0n) is 12.1. The molecule has 21 heavy (non-hydrogen) atoms. The molecule has 0 aliphatic carbocycles. The Balaban J connectivity index is 2.34. The second-order valence-electron chi connectivity index (χ2n) is 4.66. The summed E-state index contributed by atoms with van der Waals surface area (Å²) in [7, 11) is -0.326. The van der Waals surface area contributed by atoms with Gasteiger partial charge in [0.15, 0.2) is 0 Å². The Hall–Kier alpha value is -1.69. The Morgan fingerprint density at radius 1 is 0.810 bits per heavy atom. The van der Waals surface area contributed by atoms with E-state index in [1.807, 2.05) is 6.07 Å². The summed E-state index contributed by atoms with van der Waals surface area (Å²) in [5.41, 5.74) is 1.76. The van der Waals surface area contributed by atoms with Gasteiger partial charge in [-0.1, -0.05) is 24.3 Å². The maximum atomic E-state index is 12.6. The molecule has 0 aromatic heterocycles. The second-order valence-corrected chi connectivity index (χ2v) is 6.61. The average Bonchev–Trinajstić information content (AvgIpc) is 2.49. The minimum absolute atomic E-state index is 0.275. The van der Waals surface area contributed by atoms with Crippen molar-refractivity contribution in [1.29, 1.82) is 0 Å². The highest BCUT2D eigenvalue weighted by molar-refractivity contribution is 7.91. The van der Waals surface area contributed by atoms with E-state index in [9.17, 15) is 8.42 Å². The highest BCUT2D eigenvalue weighted by Gasteiger charge is 2.17. The molecule has 4 nitrogen and oxygen atoms in total. The second kappa shape index (κ2) is 6.85. The van der Waals surface area contributed by atoms with Gasteiger partial charge in [0.05, 0.1) is 23.0 Å². The van der Waals surface area contributed by atoms with Gasteiger partial charge in [-0.15, -0.1) is 0 Å². The smallest absolute Gasteiger partial charge is 0.206 e. The summed E-state index contributed by atoms with van der Waals surface area (Å²) in [4.78, 5) is 0.550. The van der Waals surface area contributed by atoms with Crippen LogP contribution in [-0.2, 0) is 32.5 Å². The molecular formula is C16H18O4S. The van der Waals surface area contributed by atoms with Crippen molar-refractivity contribution in [2.24, 2.45) is 0 Å². The van der Waals surface area contributed by atoms with Gasteiger partial charge in [-0.3, -0.25) is 0 Å². The molecule has 0 atom stereocenters. The van der Waals surface area contributed by atoms with Gasteiger partial charge in [0.2, 0.25) is 9.84 Å². The molecule has 0 saturated carbocycles. The van der Waals surface area contributed by atoms with Gasteiger partial charge in [-0.2, -0.15) is 0 Å². The lowest BCUT2D eigenvalue weighted by molar-refractivity contribution is 0.184. The van der Waals surface area contributed by atoms with Crippen LogP contribution >= 0.6 is 0 Å². The van der Waals surface area contributed by atoms with Crippen molar-refractivity contribution in [2.45, 2.75) is 23.0 Å². The molecule has 2 aromatic rings. The van der Waals surface area contributed by atoms with Gasteiger partial charge in [0, 0.05) is 14.2 Å². The summed E-state index contributed by atoms with van der Waals surface area (Å²) in [5.74, 6) is 0. The number of hydrogen-bond donors (Lipinski definition) is 0. The van der Waals surface area contributed by atoms with Crippen molar-refractivity contribution >= 4 is 9.84 Å². The largest absolute Gasteiger partial charge is 0.380 e. The standard InChI is InChI=1S/C16H18O4S/c1-19-11-13-6-8-15(9-7-13)21(17,18)16-5-3-4-14(10-16)12-20-2/h3-10H,11-12H2,1-2H3. The summed E-state index contributed by atoms with van der Waals surface area (Å²) in [5, 5.41) is 0. The molecule has 0 spiro atoms. The highest BCUT2D eigenvalue weighted by atomic mass is 32.2. The van der Waals surface area contributed by atoms with E-state index in [-0.39, 0.29) is 9.79 Å². The fourth-order valence-electron chi connectivity index (χ4n) is 2.04. The van der Waals surface area contributed by atoms with Gasteiger partial charge in [-0.05, 0) is 35.4 Å². The zero-order chi connectivity index (χ0) is 15.3. The van der Waals surface area contributed by atoms with Crippen molar-refractivity contribution in [3.8, 4) is 0 Å². The van der Waals surface area contributed by atoms with Crippen molar-refractivity contribution in [2.75, 3.05) is 14.2 Å². The van der Waals surface area contributed by atoms with Gasteiger partial charge < -0.3 is 9.47 Å². The first-order valence-electron chi connectivity index (χ1n) is 6.49. The van der Waals surface area contributed by atoms with E-state index in [4.69, 9.17) is 9.47 Å². The number of hydrogen-bond acceptors (Lipinski definition) is 4. The fraction of sp³-hybridized carbons (Fsp3) is 0.250. The van der Waals surface area contributed by atoms with Gasteiger partial charge >= 0.3 is 0 Å². The molecule has 0 saturated heterocycles. The Kier molecular flexibility index (Phi) is 5.12.